The standard InChI is InChI=1S/C8H10BrNO2/c9-5-1-2-6-10-7(11)3-4-8(10)12/h1-2H,3-6H2/b2-1-. The maximum atomic E-state index is 11.0. The second-order valence-corrected chi connectivity index (χ2v) is 3.17. The highest BCUT2D eigenvalue weighted by Gasteiger charge is 2.27. The molecule has 0 atom stereocenters. The minimum absolute atomic E-state index is 0.0563. The molecule has 0 aromatic carbocycles. The zero-order chi connectivity index (χ0) is 8.97. The van der Waals surface area contributed by atoms with E-state index in [-0.39, 0.29) is 11.8 Å². The van der Waals surface area contributed by atoms with Gasteiger partial charge in [-0.3, -0.25) is 14.5 Å². The number of alkyl halides is 1. The van der Waals surface area contributed by atoms with Gasteiger partial charge in [0.05, 0.1) is 0 Å². The molecule has 0 N–H and O–H groups in total. The lowest BCUT2D eigenvalue weighted by atomic mass is 10.4. The topological polar surface area (TPSA) is 37.4 Å². The lowest BCUT2D eigenvalue weighted by Crippen LogP contribution is -2.28. The number of amides is 2. The first kappa shape index (κ1) is 9.45. The molecule has 0 aliphatic carbocycles. The third-order valence-electron chi connectivity index (χ3n) is 1.70. The predicted octanol–water partition coefficient (Wildman–Crippen LogP) is 1.09. The molecular weight excluding hydrogens is 222 g/mol. The molecule has 2 amide bonds. The Hall–Kier alpha value is -0.640. The number of allylic oxidation sites excluding steroid dienone is 1. The summed E-state index contributed by atoms with van der Waals surface area (Å²) in [5.74, 6) is -0.113. The number of nitrogens with zero attached hydrogens (tertiary/aromatic N) is 1. The van der Waals surface area contributed by atoms with E-state index in [1.165, 1.54) is 4.90 Å². The molecule has 0 bridgehead atoms. The van der Waals surface area contributed by atoms with E-state index >= 15 is 0 Å². The SMILES string of the molecule is O=C1CCC(=O)N1C/C=C\CBr. The molecule has 1 heterocycles. The zero-order valence-electron chi connectivity index (χ0n) is 6.62. The van der Waals surface area contributed by atoms with Crippen molar-refractivity contribution in [3.8, 4) is 0 Å². The molecule has 66 valence electrons. The molecule has 0 saturated carbocycles. The molecule has 1 aliphatic heterocycles. The van der Waals surface area contributed by atoms with Crippen LogP contribution in [0, 0.1) is 0 Å². The lowest BCUT2D eigenvalue weighted by Gasteiger charge is -2.09. The molecule has 1 aliphatic rings. The van der Waals surface area contributed by atoms with E-state index in [2.05, 4.69) is 15.9 Å². The van der Waals surface area contributed by atoms with Crippen molar-refractivity contribution < 1.29 is 9.59 Å². The van der Waals surface area contributed by atoms with E-state index in [9.17, 15) is 9.59 Å². The monoisotopic (exact) mass is 231 g/mol. The number of imide groups is 1. The van der Waals surface area contributed by atoms with E-state index < -0.39 is 0 Å². The molecule has 0 radical (unpaired) electrons. The molecule has 3 nitrogen and oxygen atoms in total. The summed E-state index contributed by atoms with van der Waals surface area (Å²) in [4.78, 5) is 23.4. The lowest BCUT2D eigenvalue weighted by molar-refractivity contribution is -0.137. The summed E-state index contributed by atoms with van der Waals surface area (Å²) < 4.78 is 0. The Balaban J connectivity index is 2.45. The van der Waals surface area contributed by atoms with Crippen LogP contribution in [0.25, 0.3) is 0 Å². The Morgan fingerprint density at radius 2 is 1.83 bits per heavy atom. The van der Waals surface area contributed by atoms with E-state index in [4.69, 9.17) is 0 Å². The van der Waals surface area contributed by atoms with Crippen molar-refractivity contribution >= 4 is 27.7 Å². The smallest absolute Gasteiger partial charge is 0.229 e. The van der Waals surface area contributed by atoms with Crippen molar-refractivity contribution in [2.75, 3.05) is 11.9 Å². The number of hydrogen-bond acceptors (Lipinski definition) is 2. The third kappa shape index (κ3) is 2.17. The molecule has 1 rings (SSSR count). The van der Waals surface area contributed by atoms with Crippen LogP contribution in [0.3, 0.4) is 0 Å². The van der Waals surface area contributed by atoms with Crippen molar-refractivity contribution in [2.24, 2.45) is 0 Å². The Labute approximate surface area is 79.5 Å². The van der Waals surface area contributed by atoms with Crippen molar-refractivity contribution in [2.45, 2.75) is 12.8 Å². The van der Waals surface area contributed by atoms with Gasteiger partial charge in [0.25, 0.3) is 0 Å². The molecule has 4 heteroatoms. The fraction of sp³-hybridized carbons (Fsp3) is 0.500. The number of likely N-dealkylation sites (tertiary alicyclic amines) is 1. The molecule has 0 spiro atoms. The number of hydrogen-bond donors (Lipinski definition) is 0. The molecule has 0 aromatic rings. The van der Waals surface area contributed by atoms with Gasteiger partial charge in [0.2, 0.25) is 11.8 Å². The van der Waals surface area contributed by atoms with Gasteiger partial charge in [0, 0.05) is 24.7 Å². The molecule has 0 aromatic heterocycles. The number of carbonyl (C=O) groups excluding carboxylic acids is 2. The highest BCUT2D eigenvalue weighted by molar-refractivity contribution is 9.09. The first-order chi connectivity index (χ1) is 5.75. The summed E-state index contributed by atoms with van der Waals surface area (Å²) in [5, 5.41) is 0.753. The normalized spacial score (nSPS) is 18.2. The largest absolute Gasteiger partial charge is 0.279 e. The van der Waals surface area contributed by atoms with Crippen molar-refractivity contribution in [3.05, 3.63) is 12.2 Å². The first-order valence-electron chi connectivity index (χ1n) is 3.80. The van der Waals surface area contributed by atoms with E-state index in [1.54, 1.807) is 0 Å². The van der Waals surface area contributed by atoms with Crippen LogP contribution in [0.1, 0.15) is 12.8 Å². The Morgan fingerprint density at radius 1 is 1.25 bits per heavy atom. The van der Waals surface area contributed by atoms with Crippen LogP contribution in [-0.2, 0) is 9.59 Å². The number of halogens is 1. The average molecular weight is 232 g/mol. The van der Waals surface area contributed by atoms with Crippen LogP contribution in [-0.4, -0.2) is 28.6 Å². The number of rotatable bonds is 3. The Kier molecular flexibility index (Phi) is 3.47. The molecule has 1 saturated heterocycles. The quantitative estimate of drug-likeness (QED) is 0.415. The second-order valence-electron chi connectivity index (χ2n) is 2.52. The summed E-state index contributed by atoms with van der Waals surface area (Å²) in [6.07, 6.45) is 4.44. The molecule has 1 fully saturated rings. The maximum Gasteiger partial charge on any atom is 0.229 e. The third-order valence-corrected chi connectivity index (χ3v) is 2.07. The minimum Gasteiger partial charge on any atom is -0.279 e. The van der Waals surface area contributed by atoms with E-state index in [0.717, 1.165) is 5.33 Å². The molecule has 12 heavy (non-hydrogen) atoms. The van der Waals surface area contributed by atoms with Gasteiger partial charge in [-0.15, -0.1) is 0 Å². The Morgan fingerprint density at radius 3 is 2.33 bits per heavy atom. The maximum absolute atomic E-state index is 11.0. The van der Waals surface area contributed by atoms with Gasteiger partial charge < -0.3 is 0 Å². The van der Waals surface area contributed by atoms with Gasteiger partial charge in [-0.1, -0.05) is 28.1 Å². The average Bonchev–Trinajstić information content (AvgIpc) is 2.35. The molecule has 0 unspecified atom stereocenters. The van der Waals surface area contributed by atoms with E-state index in [1.807, 2.05) is 12.2 Å². The first-order valence-corrected chi connectivity index (χ1v) is 4.92. The van der Waals surface area contributed by atoms with Crippen LogP contribution in [0.5, 0.6) is 0 Å². The molecular formula is C8H10BrNO2. The van der Waals surface area contributed by atoms with Crippen LogP contribution >= 0.6 is 15.9 Å². The number of carbonyl (C=O) groups is 2. The highest BCUT2D eigenvalue weighted by atomic mass is 79.9. The summed E-state index contributed by atoms with van der Waals surface area (Å²) in [6.45, 7) is 0.420. The van der Waals surface area contributed by atoms with Gasteiger partial charge in [-0.2, -0.15) is 0 Å². The van der Waals surface area contributed by atoms with Gasteiger partial charge in [-0.05, 0) is 0 Å². The summed E-state index contributed by atoms with van der Waals surface area (Å²) in [6, 6.07) is 0. The summed E-state index contributed by atoms with van der Waals surface area (Å²) in [5.41, 5.74) is 0. The fourth-order valence-corrected chi connectivity index (χ4v) is 1.33. The van der Waals surface area contributed by atoms with Crippen LogP contribution < -0.4 is 0 Å². The highest BCUT2D eigenvalue weighted by Crippen LogP contribution is 2.10. The fourth-order valence-electron chi connectivity index (χ4n) is 1.07. The van der Waals surface area contributed by atoms with Crippen molar-refractivity contribution in [3.63, 3.8) is 0 Å². The predicted molar refractivity (Wildman–Crippen MR) is 48.9 cm³/mol. The minimum atomic E-state index is -0.0563. The van der Waals surface area contributed by atoms with Gasteiger partial charge in [0.15, 0.2) is 0 Å². The summed E-state index contributed by atoms with van der Waals surface area (Å²) >= 11 is 3.21. The van der Waals surface area contributed by atoms with Gasteiger partial charge >= 0.3 is 0 Å². The van der Waals surface area contributed by atoms with E-state index in [0.29, 0.717) is 19.4 Å². The van der Waals surface area contributed by atoms with Crippen LogP contribution in [0.2, 0.25) is 0 Å². The summed E-state index contributed by atoms with van der Waals surface area (Å²) in [7, 11) is 0. The Bertz CT molecular complexity index is 209. The van der Waals surface area contributed by atoms with Crippen molar-refractivity contribution in [1.82, 2.24) is 4.90 Å². The van der Waals surface area contributed by atoms with Crippen molar-refractivity contribution in [1.29, 1.82) is 0 Å². The van der Waals surface area contributed by atoms with Gasteiger partial charge in [0.1, 0.15) is 0 Å². The van der Waals surface area contributed by atoms with Gasteiger partial charge in [-0.25, -0.2) is 0 Å². The zero-order valence-corrected chi connectivity index (χ0v) is 8.21. The van der Waals surface area contributed by atoms with Crippen LogP contribution in [0.4, 0.5) is 0 Å². The van der Waals surface area contributed by atoms with Crippen LogP contribution in [0.15, 0.2) is 12.2 Å². The second kappa shape index (κ2) is 4.40.